The third kappa shape index (κ3) is 3.26. The third-order valence-corrected chi connectivity index (χ3v) is 6.20. The first-order valence-corrected chi connectivity index (χ1v) is 8.89. The molecule has 1 aliphatic rings. The molecule has 124 valence electrons. The lowest BCUT2D eigenvalue weighted by molar-refractivity contribution is 0.457. The summed E-state index contributed by atoms with van der Waals surface area (Å²) in [6.07, 6.45) is 0. The van der Waals surface area contributed by atoms with Crippen molar-refractivity contribution in [1.29, 1.82) is 0 Å². The van der Waals surface area contributed by atoms with Gasteiger partial charge in [0.05, 0.1) is 6.54 Å². The SMILES string of the molecule is CCNC(=NCc1nnc(C(C)C)s1)NC1C(C)(C)C1(C)C. The Bertz CT molecular complexity index is 530. The molecule has 0 bridgehead atoms. The van der Waals surface area contributed by atoms with Gasteiger partial charge < -0.3 is 10.6 Å². The molecule has 0 radical (unpaired) electrons. The lowest BCUT2D eigenvalue weighted by Gasteiger charge is -2.12. The third-order valence-electron chi connectivity index (χ3n) is 4.99. The minimum atomic E-state index is 0.288. The Morgan fingerprint density at radius 1 is 1.23 bits per heavy atom. The summed E-state index contributed by atoms with van der Waals surface area (Å²) in [5.74, 6) is 1.29. The van der Waals surface area contributed by atoms with Crippen LogP contribution in [0.3, 0.4) is 0 Å². The second-order valence-electron chi connectivity index (χ2n) is 7.40. The topological polar surface area (TPSA) is 62.2 Å². The molecule has 1 aromatic rings. The summed E-state index contributed by atoms with van der Waals surface area (Å²) in [5, 5.41) is 17.4. The van der Waals surface area contributed by atoms with Crippen molar-refractivity contribution in [3.63, 3.8) is 0 Å². The molecule has 22 heavy (non-hydrogen) atoms. The van der Waals surface area contributed by atoms with Crippen LogP contribution in [0.25, 0.3) is 0 Å². The zero-order valence-electron chi connectivity index (χ0n) is 14.8. The van der Waals surface area contributed by atoms with Gasteiger partial charge >= 0.3 is 0 Å². The van der Waals surface area contributed by atoms with Crippen LogP contribution in [0, 0.1) is 10.8 Å². The first kappa shape index (κ1) is 17.2. The highest BCUT2D eigenvalue weighted by molar-refractivity contribution is 7.11. The van der Waals surface area contributed by atoms with Crippen molar-refractivity contribution in [2.24, 2.45) is 15.8 Å². The highest BCUT2D eigenvalue weighted by atomic mass is 32.1. The van der Waals surface area contributed by atoms with Crippen molar-refractivity contribution in [3.05, 3.63) is 10.0 Å². The van der Waals surface area contributed by atoms with E-state index in [1.165, 1.54) is 0 Å². The number of hydrogen-bond donors (Lipinski definition) is 2. The molecule has 1 fully saturated rings. The molecule has 1 aromatic heterocycles. The molecule has 0 atom stereocenters. The average molecular weight is 324 g/mol. The molecule has 1 aliphatic carbocycles. The van der Waals surface area contributed by atoms with Crippen LogP contribution in [0.5, 0.6) is 0 Å². The summed E-state index contributed by atoms with van der Waals surface area (Å²) >= 11 is 1.65. The Balaban J connectivity index is 2.01. The van der Waals surface area contributed by atoms with Crippen molar-refractivity contribution >= 4 is 17.3 Å². The minimum absolute atomic E-state index is 0.288. The Kier molecular flexibility index (Phi) is 4.80. The summed E-state index contributed by atoms with van der Waals surface area (Å²) in [6, 6.07) is 0.443. The van der Waals surface area contributed by atoms with E-state index in [1.54, 1.807) is 11.3 Å². The van der Waals surface area contributed by atoms with E-state index in [1.807, 2.05) is 0 Å². The van der Waals surface area contributed by atoms with Gasteiger partial charge in [-0.15, -0.1) is 10.2 Å². The molecule has 0 spiro atoms. The number of rotatable bonds is 5. The van der Waals surface area contributed by atoms with Gasteiger partial charge in [0.25, 0.3) is 0 Å². The van der Waals surface area contributed by atoms with E-state index in [-0.39, 0.29) is 10.8 Å². The standard InChI is InChI=1S/C16H29N5S/c1-8-17-14(19-13-15(4,5)16(13,6)7)18-9-11-20-21-12(22-11)10(2)3/h10,13H,8-9H2,1-7H3,(H2,17,18,19). The van der Waals surface area contributed by atoms with Crippen LogP contribution in [0.1, 0.15) is 64.4 Å². The van der Waals surface area contributed by atoms with Gasteiger partial charge in [-0.2, -0.15) is 0 Å². The quantitative estimate of drug-likeness (QED) is 0.645. The van der Waals surface area contributed by atoms with Gasteiger partial charge in [-0.3, -0.25) is 0 Å². The van der Waals surface area contributed by atoms with E-state index in [2.05, 4.69) is 74.3 Å². The largest absolute Gasteiger partial charge is 0.357 e. The van der Waals surface area contributed by atoms with Crippen LogP contribution in [-0.4, -0.2) is 28.7 Å². The first-order chi connectivity index (χ1) is 10.2. The Labute approximate surface area is 138 Å². The normalized spacial score (nSPS) is 20.3. The monoisotopic (exact) mass is 323 g/mol. The Morgan fingerprint density at radius 3 is 2.32 bits per heavy atom. The van der Waals surface area contributed by atoms with E-state index in [9.17, 15) is 0 Å². The fourth-order valence-electron chi connectivity index (χ4n) is 2.72. The molecule has 0 aromatic carbocycles. The lowest BCUT2D eigenvalue weighted by Crippen LogP contribution is -2.40. The summed E-state index contributed by atoms with van der Waals surface area (Å²) < 4.78 is 0. The van der Waals surface area contributed by atoms with Gasteiger partial charge in [0.1, 0.15) is 10.0 Å². The number of hydrogen-bond acceptors (Lipinski definition) is 4. The summed E-state index contributed by atoms with van der Waals surface area (Å²) in [6.45, 7) is 17.0. The lowest BCUT2D eigenvalue weighted by atomic mass is 10.0. The molecule has 6 heteroatoms. The molecular formula is C16H29N5S. The van der Waals surface area contributed by atoms with E-state index in [0.29, 0.717) is 18.5 Å². The maximum Gasteiger partial charge on any atom is 0.191 e. The van der Waals surface area contributed by atoms with Crippen LogP contribution in [0.2, 0.25) is 0 Å². The minimum Gasteiger partial charge on any atom is -0.357 e. The second kappa shape index (κ2) is 6.14. The molecule has 1 saturated carbocycles. The molecule has 0 amide bonds. The van der Waals surface area contributed by atoms with Crippen LogP contribution in [-0.2, 0) is 6.54 Å². The zero-order chi connectivity index (χ0) is 16.5. The maximum absolute atomic E-state index is 4.67. The Hall–Kier alpha value is -1.17. The van der Waals surface area contributed by atoms with Crippen molar-refractivity contribution < 1.29 is 0 Å². The van der Waals surface area contributed by atoms with Crippen LogP contribution in [0.15, 0.2) is 4.99 Å². The second-order valence-corrected chi connectivity index (χ2v) is 8.50. The van der Waals surface area contributed by atoms with Crippen LogP contribution < -0.4 is 10.6 Å². The maximum atomic E-state index is 4.67. The average Bonchev–Trinajstić information content (AvgIpc) is 2.81. The van der Waals surface area contributed by atoms with Gasteiger partial charge in [0.2, 0.25) is 0 Å². The Morgan fingerprint density at radius 2 is 1.86 bits per heavy atom. The van der Waals surface area contributed by atoms with E-state index in [4.69, 9.17) is 0 Å². The molecule has 1 heterocycles. The number of aromatic nitrogens is 2. The zero-order valence-corrected chi connectivity index (χ0v) is 15.6. The predicted molar refractivity (Wildman–Crippen MR) is 93.3 cm³/mol. The van der Waals surface area contributed by atoms with Crippen LogP contribution >= 0.6 is 11.3 Å². The van der Waals surface area contributed by atoms with E-state index in [0.717, 1.165) is 22.5 Å². The number of nitrogens with zero attached hydrogens (tertiary/aromatic N) is 3. The number of nitrogens with one attached hydrogen (secondary N) is 2. The van der Waals surface area contributed by atoms with E-state index >= 15 is 0 Å². The highest BCUT2D eigenvalue weighted by Gasteiger charge is 2.65. The molecule has 5 nitrogen and oxygen atoms in total. The van der Waals surface area contributed by atoms with Gasteiger partial charge in [0, 0.05) is 18.5 Å². The van der Waals surface area contributed by atoms with Crippen molar-refractivity contribution in [3.8, 4) is 0 Å². The smallest absolute Gasteiger partial charge is 0.191 e. The highest BCUT2D eigenvalue weighted by Crippen LogP contribution is 2.62. The molecular weight excluding hydrogens is 294 g/mol. The summed E-state index contributed by atoms with van der Waals surface area (Å²) in [7, 11) is 0. The molecule has 0 aliphatic heterocycles. The predicted octanol–water partition coefficient (Wildman–Crippen LogP) is 3.15. The molecule has 2 N–H and O–H groups in total. The summed E-state index contributed by atoms with van der Waals surface area (Å²) in [5.41, 5.74) is 0.577. The van der Waals surface area contributed by atoms with Gasteiger partial charge in [0.15, 0.2) is 5.96 Å². The summed E-state index contributed by atoms with van der Waals surface area (Å²) in [4.78, 5) is 4.67. The molecule has 2 rings (SSSR count). The van der Waals surface area contributed by atoms with Gasteiger partial charge in [-0.05, 0) is 17.8 Å². The molecule has 0 saturated heterocycles. The van der Waals surface area contributed by atoms with Crippen molar-refractivity contribution in [1.82, 2.24) is 20.8 Å². The van der Waals surface area contributed by atoms with E-state index < -0.39 is 0 Å². The number of aliphatic imine (C=N–C) groups is 1. The fourth-order valence-corrected chi connectivity index (χ4v) is 3.49. The van der Waals surface area contributed by atoms with Gasteiger partial charge in [-0.25, -0.2) is 4.99 Å². The van der Waals surface area contributed by atoms with Crippen molar-refractivity contribution in [2.75, 3.05) is 6.54 Å². The first-order valence-electron chi connectivity index (χ1n) is 8.07. The van der Waals surface area contributed by atoms with Gasteiger partial charge in [-0.1, -0.05) is 52.9 Å². The van der Waals surface area contributed by atoms with Crippen LogP contribution in [0.4, 0.5) is 0 Å². The van der Waals surface area contributed by atoms with Crippen molar-refractivity contribution in [2.45, 2.75) is 67.0 Å². The number of guanidine groups is 1. The molecule has 0 unspecified atom stereocenters. The fraction of sp³-hybridized carbons (Fsp3) is 0.812.